The maximum atomic E-state index is 13.5. The number of carbonyl (C=O) groups is 2. The third kappa shape index (κ3) is 8.42. The maximum Gasteiger partial charge on any atom is 0.247 e. The number of hydrogen-bond donors (Lipinski definition) is 4. The van der Waals surface area contributed by atoms with Crippen LogP contribution in [0.15, 0.2) is 35.4 Å². The number of aliphatic hydroxyl groups excluding tert-OH is 3. The summed E-state index contributed by atoms with van der Waals surface area (Å²) < 4.78 is 12.5. The highest BCUT2D eigenvalue weighted by Crippen LogP contribution is 2.37. The van der Waals surface area contributed by atoms with Gasteiger partial charge in [0.1, 0.15) is 12.2 Å². The largest absolute Gasteiger partial charge is 0.493 e. The van der Waals surface area contributed by atoms with Gasteiger partial charge in [-0.2, -0.15) is 0 Å². The summed E-state index contributed by atoms with van der Waals surface area (Å²) in [5, 5.41) is 33.2. The van der Waals surface area contributed by atoms with Gasteiger partial charge in [-0.3, -0.25) is 9.59 Å². The summed E-state index contributed by atoms with van der Waals surface area (Å²) in [6.45, 7) is 3.93. The molecule has 1 saturated carbocycles. The topological polar surface area (TPSA) is 129 Å². The van der Waals surface area contributed by atoms with Crippen LogP contribution in [0.25, 0.3) is 0 Å². The minimum absolute atomic E-state index is 0.0890. The van der Waals surface area contributed by atoms with Crippen molar-refractivity contribution in [3.8, 4) is 11.5 Å². The van der Waals surface area contributed by atoms with E-state index in [0.29, 0.717) is 38.7 Å². The molecule has 0 saturated heterocycles. The molecule has 0 aromatic heterocycles. The van der Waals surface area contributed by atoms with E-state index in [1.165, 1.54) is 13.5 Å². The minimum Gasteiger partial charge on any atom is -0.493 e. The van der Waals surface area contributed by atoms with Crippen LogP contribution in [-0.2, 0) is 16.2 Å². The van der Waals surface area contributed by atoms with Crippen molar-refractivity contribution in [2.45, 2.75) is 77.2 Å². The fraction of sp³-hybridized carbons (Fsp3) is 0.586. The van der Waals surface area contributed by atoms with Crippen LogP contribution in [0, 0.1) is 9.49 Å². The van der Waals surface area contributed by atoms with Gasteiger partial charge in [0.25, 0.3) is 0 Å². The smallest absolute Gasteiger partial charge is 0.247 e. The lowest BCUT2D eigenvalue weighted by Gasteiger charge is -2.42. The van der Waals surface area contributed by atoms with E-state index in [0.717, 1.165) is 31.3 Å². The molecule has 9 nitrogen and oxygen atoms in total. The molecule has 4 N–H and O–H groups in total. The first-order valence-corrected chi connectivity index (χ1v) is 14.6. The standard InChI is InChI=1S/C29H41IN2O7/c1-18(2)11-26(35)32(16-19-7-5-4-6-8-19)23-14-21(29(37)31-9-10-33)15-24(27(23)36)39-28-22(30)12-20(17-34)13-25(28)38-3/h11-13,15,19,23-24,27,33-34,36H,4-10,14,16-17H2,1-3H3,(H,31,37)/t23-,24+,27+/m1/s1. The van der Waals surface area contributed by atoms with Crippen molar-refractivity contribution in [2.24, 2.45) is 5.92 Å². The number of amides is 2. The molecule has 0 radical (unpaired) electrons. The van der Waals surface area contributed by atoms with Crippen LogP contribution < -0.4 is 14.8 Å². The molecule has 216 valence electrons. The summed E-state index contributed by atoms with van der Waals surface area (Å²) >= 11 is 2.08. The number of benzene rings is 1. The van der Waals surface area contributed by atoms with Crippen molar-refractivity contribution in [1.29, 1.82) is 0 Å². The predicted octanol–water partition coefficient (Wildman–Crippen LogP) is 3.08. The van der Waals surface area contributed by atoms with Crippen LogP contribution in [0.2, 0.25) is 0 Å². The molecule has 39 heavy (non-hydrogen) atoms. The number of halogens is 1. The monoisotopic (exact) mass is 656 g/mol. The van der Waals surface area contributed by atoms with Crippen molar-refractivity contribution < 1.29 is 34.4 Å². The van der Waals surface area contributed by atoms with E-state index < -0.39 is 18.2 Å². The van der Waals surface area contributed by atoms with Crippen molar-refractivity contribution >= 4 is 34.4 Å². The lowest BCUT2D eigenvalue weighted by atomic mass is 9.85. The second-order valence-electron chi connectivity index (χ2n) is 10.5. The first-order valence-electron chi connectivity index (χ1n) is 13.6. The Hall–Kier alpha value is -2.15. The Balaban J connectivity index is 2.01. The van der Waals surface area contributed by atoms with Gasteiger partial charge in [0.15, 0.2) is 11.5 Å². The van der Waals surface area contributed by atoms with Crippen LogP contribution in [0.5, 0.6) is 11.5 Å². The van der Waals surface area contributed by atoms with Crippen molar-refractivity contribution in [1.82, 2.24) is 10.2 Å². The number of ether oxygens (including phenoxy) is 2. The molecule has 0 bridgehead atoms. The Kier molecular flexibility index (Phi) is 12.1. The number of carbonyl (C=O) groups excluding carboxylic acids is 2. The summed E-state index contributed by atoms with van der Waals surface area (Å²) in [5.41, 5.74) is 1.88. The molecule has 1 aromatic carbocycles. The average molecular weight is 657 g/mol. The third-order valence-corrected chi connectivity index (χ3v) is 8.02. The first-order chi connectivity index (χ1) is 18.7. The highest BCUT2D eigenvalue weighted by Gasteiger charge is 2.41. The predicted molar refractivity (Wildman–Crippen MR) is 156 cm³/mol. The number of nitrogens with one attached hydrogen (secondary N) is 1. The average Bonchev–Trinajstić information content (AvgIpc) is 2.92. The first kappa shape index (κ1) is 31.4. The molecular formula is C29H41IN2O7. The summed E-state index contributed by atoms with van der Waals surface area (Å²) in [6.07, 6.45) is 6.73. The molecule has 1 aromatic rings. The Morgan fingerprint density at radius 3 is 2.51 bits per heavy atom. The zero-order valence-corrected chi connectivity index (χ0v) is 25.1. The maximum absolute atomic E-state index is 13.5. The van der Waals surface area contributed by atoms with Crippen LogP contribution >= 0.6 is 22.6 Å². The Labute approximate surface area is 244 Å². The van der Waals surface area contributed by atoms with Gasteiger partial charge in [-0.05, 0) is 79.0 Å². The van der Waals surface area contributed by atoms with Crippen molar-refractivity contribution in [2.75, 3.05) is 26.8 Å². The fourth-order valence-corrected chi connectivity index (χ4v) is 6.05. The van der Waals surface area contributed by atoms with Gasteiger partial charge in [-0.25, -0.2) is 0 Å². The van der Waals surface area contributed by atoms with Gasteiger partial charge in [0.05, 0.1) is 29.9 Å². The normalized spacial score (nSPS) is 21.5. The molecule has 2 aliphatic rings. The number of hydrogen-bond acceptors (Lipinski definition) is 7. The van der Waals surface area contributed by atoms with Gasteiger partial charge < -0.3 is 35.0 Å². The van der Waals surface area contributed by atoms with E-state index in [4.69, 9.17) is 9.47 Å². The fourth-order valence-electron chi connectivity index (χ4n) is 5.26. The van der Waals surface area contributed by atoms with Gasteiger partial charge in [0.2, 0.25) is 11.8 Å². The number of rotatable bonds is 11. The van der Waals surface area contributed by atoms with E-state index in [1.54, 1.807) is 29.2 Å². The molecule has 1 fully saturated rings. The van der Waals surface area contributed by atoms with Crippen LogP contribution in [0.3, 0.4) is 0 Å². The molecule has 2 aliphatic carbocycles. The molecular weight excluding hydrogens is 615 g/mol. The van der Waals surface area contributed by atoms with Gasteiger partial charge in [-0.15, -0.1) is 0 Å². The Morgan fingerprint density at radius 1 is 1.18 bits per heavy atom. The molecule has 0 heterocycles. The highest BCUT2D eigenvalue weighted by atomic mass is 127. The minimum atomic E-state index is -1.12. The number of nitrogens with zero attached hydrogens (tertiary/aromatic N) is 1. The van der Waals surface area contributed by atoms with Crippen molar-refractivity contribution in [3.63, 3.8) is 0 Å². The van der Waals surface area contributed by atoms with Crippen molar-refractivity contribution in [3.05, 3.63) is 44.6 Å². The van der Waals surface area contributed by atoms with Gasteiger partial charge >= 0.3 is 0 Å². The molecule has 0 unspecified atom stereocenters. The van der Waals surface area contributed by atoms with Gasteiger partial charge in [0, 0.05) is 31.2 Å². The Bertz CT molecular complexity index is 1060. The lowest BCUT2D eigenvalue weighted by molar-refractivity contribution is -0.134. The number of allylic oxidation sites excluding steroid dienone is 1. The molecule has 0 spiro atoms. The molecule has 0 aliphatic heterocycles. The van der Waals surface area contributed by atoms with E-state index >= 15 is 0 Å². The third-order valence-electron chi connectivity index (χ3n) is 7.22. The van der Waals surface area contributed by atoms with E-state index in [-0.39, 0.29) is 38.0 Å². The van der Waals surface area contributed by atoms with Gasteiger partial charge in [-0.1, -0.05) is 24.8 Å². The van der Waals surface area contributed by atoms with Crippen LogP contribution in [0.1, 0.15) is 57.9 Å². The number of aliphatic hydroxyl groups is 3. The second kappa shape index (κ2) is 15.0. The zero-order chi connectivity index (χ0) is 28.5. The summed E-state index contributed by atoms with van der Waals surface area (Å²) in [4.78, 5) is 28.3. The molecule has 3 rings (SSSR count). The van der Waals surface area contributed by atoms with E-state index in [9.17, 15) is 24.9 Å². The molecule has 10 heteroatoms. The summed E-state index contributed by atoms with van der Waals surface area (Å²) in [5.74, 6) is 0.517. The quantitative estimate of drug-likeness (QED) is 0.213. The zero-order valence-electron chi connectivity index (χ0n) is 23.0. The van der Waals surface area contributed by atoms with E-state index in [1.807, 2.05) is 13.8 Å². The number of methoxy groups -OCH3 is 1. The Morgan fingerprint density at radius 2 is 1.90 bits per heavy atom. The summed E-state index contributed by atoms with van der Waals surface area (Å²) in [6, 6.07) is 2.73. The molecule has 2 amide bonds. The molecule has 3 atom stereocenters. The summed E-state index contributed by atoms with van der Waals surface area (Å²) in [7, 11) is 1.49. The SMILES string of the molecule is COc1cc(CO)cc(I)c1O[C@H]1C=C(C(=O)NCCO)C[C@@H](N(CC2CCCCC2)C(=O)C=C(C)C)[C@@H]1O. The lowest BCUT2D eigenvalue weighted by Crippen LogP contribution is -2.56. The highest BCUT2D eigenvalue weighted by molar-refractivity contribution is 14.1. The second-order valence-corrected chi connectivity index (χ2v) is 11.7. The van der Waals surface area contributed by atoms with Crippen LogP contribution in [-0.4, -0.2) is 77.1 Å². The van der Waals surface area contributed by atoms with E-state index in [2.05, 4.69) is 27.9 Å². The van der Waals surface area contributed by atoms with Crippen LogP contribution in [0.4, 0.5) is 0 Å².